The van der Waals surface area contributed by atoms with Crippen LogP contribution < -0.4 is 11.1 Å². The standard InChI is InChI=1S/C14H29N3O/c1-10(2)12(15)13(18)16-11-6-8-17(9-7-11)14(3,4)5/h10-12H,6-9,15H2,1-5H3,(H,16,18)/t12-/m0/s1. The minimum Gasteiger partial charge on any atom is -0.352 e. The lowest BCUT2D eigenvalue weighted by Crippen LogP contribution is -2.53. The number of amides is 1. The highest BCUT2D eigenvalue weighted by Crippen LogP contribution is 2.20. The normalized spacial score (nSPS) is 21.1. The largest absolute Gasteiger partial charge is 0.352 e. The fourth-order valence-corrected chi connectivity index (χ4v) is 2.29. The second-order valence-electron chi connectivity index (χ2n) is 6.71. The maximum Gasteiger partial charge on any atom is 0.237 e. The Labute approximate surface area is 111 Å². The van der Waals surface area contributed by atoms with E-state index in [0.29, 0.717) is 6.04 Å². The Kier molecular flexibility index (Phi) is 5.17. The molecule has 1 heterocycles. The van der Waals surface area contributed by atoms with E-state index in [1.807, 2.05) is 13.8 Å². The summed E-state index contributed by atoms with van der Waals surface area (Å²) >= 11 is 0. The van der Waals surface area contributed by atoms with Crippen molar-refractivity contribution in [3.63, 3.8) is 0 Å². The van der Waals surface area contributed by atoms with Gasteiger partial charge in [-0.3, -0.25) is 9.69 Å². The quantitative estimate of drug-likeness (QED) is 0.800. The van der Waals surface area contributed by atoms with Gasteiger partial charge in [0.15, 0.2) is 0 Å². The van der Waals surface area contributed by atoms with Gasteiger partial charge >= 0.3 is 0 Å². The maximum atomic E-state index is 11.9. The van der Waals surface area contributed by atoms with Crippen LogP contribution in [-0.2, 0) is 4.79 Å². The van der Waals surface area contributed by atoms with Crippen LogP contribution in [0.4, 0.5) is 0 Å². The molecular formula is C14H29N3O. The summed E-state index contributed by atoms with van der Waals surface area (Å²) in [6.45, 7) is 12.8. The second kappa shape index (κ2) is 6.02. The van der Waals surface area contributed by atoms with E-state index in [1.165, 1.54) is 0 Å². The Hall–Kier alpha value is -0.610. The van der Waals surface area contributed by atoms with Gasteiger partial charge in [0, 0.05) is 24.7 Å². The number of nitrogens with zero attached hydrogens (tertiary/aromatic N) is 1. The maximum absolute atomic E-state index is 11.9. The van der Waals surface area contributed by atoms with Crippen molar-refractivity contribution >= 4 is 5.91 Å². The molecular weight excluding hydrogens is 226 g/mol. The molecule has 1 amide bonds. The van der Waals surface area contributed by atoms with Gasteiger partial charge in [-0.15, -0.1) is 0 Å². The highest BCUT2D eigenvalue weighted by Gasteiger charge is 2.28. The van der Waals surface area contributed by atoms with Crippen LogP contribution in [0, 0.1) is 5.92 Å². The molecule has 0 aromatic carbocycles. The number of hydrogen-bond acceptors (Lipinski definition) is 3. The Bertz CT molecular complexity index is 275. The average Bonchev–Trinajstić information content (AvgIpc) is 2.27. The Morgan fingerprint density at radius 3 is 2.17 bits per heavy atom. The molecule has 1 atom stereocenters. The molecule has 3 N–H and O–H groups in total. The summed E-state index contributed by atoms with van der Waals surface area (Å²) in [5.74, 6) is 0.193. The fourth-order valence-electron chi connectivity index (χ4n) is 2.29. The third kappa shape index (κ3) is 4.25. The number of nitrogens with one attached hydrogen (secondary N) is 1. The molecule has 1 saturated heterocycles. The van der Waals surface area contributed by atoms with Gasteiger partial charge in [0.1, 0.15) is 0 Å². The first kappa shape index (κ1) is 15.4. The first-order valence-electron chi connectivity index (χ1n) is 7.03. The van der Waals surface area contributed by atoms with Crippen LogP contribution in [0.25, 0.3) is 0 Å². The van der Waals surface area contributed by atoms with Crippen molar-refractivity contribution in [3.8, 4) is 0 Å². The predicted molar refractivity (Wildman–Crippen MR) is 75.3 cm³/mol. The van der Waals surface area contributed by atoms with Crippen molar-refractivity contribution in [3.05, 3.63) is 0 Å². The first-order chi connectivity index (χ1) is 8.21. The molecule has 1 fully saturated rings. The number of nitrogens with two attached hydrogens (primary N) is 1. The summed E-state index contributed by atoms with van der Waals surface area (Å²) in [5.41, 5.74) is 6.08. The third-order valence-electron chi connectivity index (χ3n) is 3.81. The van der Waals surface area contributed by atoms with Gasteiger partial charge in [0.2, 0.25) is 5.91 Å². The van der Waals surface area contributed by atoms with Crippen LogP contribution in [0.15, 0.2) is 0 Å². The van der Waals surface area contributed by atoms with E-state index >= 15 is 0 Å². The minimum atomic E-state index is -0.384. The van der Waals surface area contributed by atoms with Crippen LogP contribution in [0.5, 0.6) is 0 Å². The summed E-state index contributed by atoms with van der Waals surface area (Å²) in [6, 6.07) is -0.0912. The summed E-state index contributed by atoms with van der Waals surface area (Å²) in [6.07, 6.45) is 2.04. The lowest BCUT2D eigenvalue weighted by molar-refractivity contribution is -0.124. The van der Waals surface area contributed by atoms with Crippen molar-refractivity contribution in [2.45, 2.75) is 65.1 Å². The van der Waals surface area contributed by atoms with Crippen molar-refractivity contribution < 1.29 is 4.79 Å². The Morgan fingerprint density at radius 1 is 1.28 bits per heavy atom. The molecule has 0 saturated carbocycles. The molecule has 1 aliphatic rings. The molecule has 0 spiro atoms. The topological polar surface area (TPSA) is 58.4 Å². The molecule has 0 bridgehead atoms. The molecule has 4 nitrogen and oxygen atoms in total. The number of likely N-dealkylation sites (tertiary alicyclic amines) is 1. The van der Waals surface area contributed by atoms with Crippen LogP contribution >= 0.6 is 0 Å². The first-order valence-corrected chi connectivity index (χ1v) is 7.03. The summed E-state index contributed by atoms with van der Waals surface area (Å²) in [4.78, 5) is 14.4. The number of carbonyl (C=O) groups is 1. The number of piperidine rings is 1. The number of rotatable bonds is 3. The molecule has 0 aliphatic carbocycles. The Balaban J connectivity index is 2.38. The van der Waals surface area contributed by atoms with Gasteiger partial charge in [-0.05, 0) is 39.5 Å². The molecule has 0 aromatic rings. The average molecular weight is 255 g/mol. The van der Waals surface area contributed by atoms with Crippen molar-refractivity contribution in [2.75, 3.05) is 13.1 Å². The van der Waals surface area contributed by atoms with Gasteiger partial charge in [-0.25, -0.2) is 0 Å². The van der Waals surface area contributed by atoms with E-state index in [2.05, 4.69) is 31.0 Å². The van der Waals surface area contributed by atoms with Crippen molar-refractivity contribution in [1.82, 2.24) is 10.2 Å². The molecule has 18 heavy (non-hydrogen) atoms. The molecule has 1 rings (SSSR count). The van der Waals surface area contributed by atoms with Gasteiger partial charge in [0.25, 0.3) is 0 Å². The monoisotopic (exact) mass is 255 g/mol. The third-order valence-corrected chi connectivity index (χ3v) is 3.81. The zero-order valence-electron chi connectivity index (χ0n) is 12.5. The number of carbonyl (C=O) groups excluding carboxylic acids is 1. The van der Waals surface area contributed by atoms with Crippen LogP contribution in [0.1, 0.15) is 47.5 Å². The molecule has 106 valence electrons. The van der Waals surface area contributed by atoms with Crippen molar-refractivity contribution in [2.24, 2.45) is 11.7 Å². The lowest BCUT2D eigenvalue weighted by atomic mass is 9.97. The number of hydrogen-bond donors (Lipinski definition) is 2. The van der Waals surface area contributed by atoms with Crippen LogP contribution in [-0.4, -0.2) is 41.5 Å². The van der Waals surface area contributed by atoms with Crippen LogP contribution in [0.2, 0.25) is 0 Å². The van der Waals surface area contributed by atoms with Gasteiger partial charge in [0.05, 0.1) is 6.04 Å². The SMILES string of the molecule is CC(C)[C@H](N)C(=O)NC1CCN(C(C)(C)C)CC1. The van der Waals surface area contributed by atoms with E-state index in [9.17, 15) is 4.79 Å². The summed E-state index contributed by atoms with van der Waals surface area (Å²) in [5, 5.41) is 3.08. The minimum absolute atomic E-state index is 0.000733. The second-order valence-corrected chi connectivity index (χ2v) is 6.71. The summed E-state index contributed by atoms with van der Waals surface area (Å²) < 4.78 is 0. The zero-order chi connectivity index (χ0) is 13.9. The van der Waals surface area contributed by atoms with Crippen molar-refractivity contribution in [1.29, 1.82) is 0 Å². The van der Waals surface area contributed by atoms with E-state index in [4.69, 9.17) is 5.73 Å². The van der Waals surface area contributed by atoms with E-state index in [0.717, 1.165) is 25.9 Å². The van der Waals surface area contributed by atoms with Gasteiger partial charge in [-0.1, -0.05) is 13.8 Å². The molecule has 0 radical (unpaired) electrons. The lowest BCUT2D eigenvalue weighted by Gasteiger charge is -2.41. The smallest absolute Gasteiger partial charge is 0.237 e. The molecule has 0 unspecified atom stereocenters. The highest BCUT2D eigenvalue weighted by atomic mass is 16.2. The summed E-state index contributed by atoms with van der Waals surface area (Å²) in [7, 11) is 0. The zero-order valence-corrected chi connectivity index (χ0v) is 12.5. The highest BCUT2D eigenvalue weighted by molar-refractivity contribution is 5.82. The molecule has 1 aliphatic heterocycles. The predicted octanol–water partition coefficient (Wildman–Crippen LogP) is 1.35. The van der Waals surface area contributed by atoms with E-state index in [1.54, 1.807) is 0 Å². The Morgan fingerprint density at radius 2 is 1.78 bits per heavy atom. The van der Waals surface area contributed by atoms with Crippen LogP contribution in [0.3, 0.4) is 0 Å². The van der Waals surface area contributed by atoms with Gasteiger partial charge in [-0.2, -0.15) is 0 Å². The molecule has 4 heteroatoms. The van der Waals surface area contributed by atoms with E-state index in [-0.39, 0.29) is 23.4 Å². The van der Waals surface area contributed by atoms with E-state index < -0.39 is 0 Å². The van der Waals surface area contributed by atoms with Gasteiger partial charge < -0.3 is 11.1 Å². The molecule has 0 aromatic heterocycles. The fraction of sp³-hybridized carbons (Fsp3) is 0.929.